The van der Waals surface area contributed by atoms with E-state index in [2.05, 4.69) is 4.74 Å². The topological polar surface area (TPSA) is 9.23 Å². The van der Waals surface area contributed by atoms with Crippen molar-refractivity contribution in [2.24, 2.45) is 0 Å². The van der Waals surface area contributed by atoms with Crippen LogP contribution in [0, 0.1) is 0 Å². The van der Waals surface area contributed by atoms with Gasteiger partial charge in [-0.3, -0.25) is 0 Å². The molecule has 0 radical (unpaired) electrons. The Morgan fingerprint density at radius 3 is 0.875 bits per heavy atom. The van der Waals surface area contributed by atoms with Gasteiger partial charge in [0, 0.05) is 7.11 Å². The van der Waals surface area contributed by atoms with Crippen LogP contribution in [0.2, 0.25) is 0 Å². The molecule has 0 aliphatic carbocycles. The van der Waals surface area contributed by atoms with Crippen LogP contribution in [-0.2, 0) is 4.74 Å². The summed E-state index contributed by atoms with van der Waals surface area (Å²) in [7, 11) is -1.00. The zero-order valence-electron chi connectivity index (χ0n) is 10.6. The first-order valence-electron chi connectivity index (χ1n) is 4.95. The Morgan fingerprint density at radius 1 is 0.458 bits per heavy atom. The first kappa shape index (κ1) is 22.9. The minimum Gasteiger partial charge on any atom is -0.360 e. The summed E-state index contributed by atoms with van der Waals surface area (Å²) in [5.41, 5.74) is -15.8. The van der Waals surface area contributed by atoms with Gasteiger partial charge in [0.05, 0.1) is 0 Å². The molecule has 0 amide bonds. The smallest absolute Gasteiger partial charge is 0.360 e. The monoisotopic (exact) mass is 400 g/mol. The minimum atomic E-state index is -8.15. The number of hydrogen-bond donors (Lipinski definition) is 0. The van der Waals surface area contributed by atoms with Crippen molar-refractivity contribution < 1.29 is 70.6 Å². The summed E-state index contributed by atoms with van der Waals surface area (Å²) in [6.07, 6.45) is -31.3. The molecule has 0 fully saturated rings. The average molecular weight is 400 g/mol. The van der Waals surface area contributed by atoms with Crippen LogP contribution in [0.4, 0.5) is 65.9 Å². The Kier molecular flexibility index (Phi) is 5.21. The van der Waals surface area contributed by atoms with E-state index in [1.807, 2.05) is 0 Å². The van der Waals surface area contributed by atoms with Crippen LogP contribution in [0.1, 0.15) is 0 Å². The highest BCUT2D eigenvalue weighted by Crippen LogP contribution is 2.65. The molecule has 24 heavy (non-hydrogen) atoms. The summed E-state index contributed by atoms with van der Waals surface area (Å²) in [4.78, 5) is 0. The van der Waals surface area contributed by atoms with E-state index in [1.165, 1.54) is 0 Å². The van der Waals surface area contributed by atoms with Gasteiger partial charge in [-0.15, -0.1) is 0 Å². The lowest BCUT2D eigenvalue weighted by Crippen LogP contribution is -2.82. The number of alkyl halides is 15. The Hall–Kier alpha value is -1.09. The van der Waals surface area contributed by atoms with E-state index < -0.39 is 49.0 Å². The molecule has 0 bridgehead atoms. The zero-order chi connectivity index (χ0) is 20.2. The fourth-order valence-electron chi connectivity index (χ4n) is 1.73. The highest BCUT2D eigenvalue weighted by atomic mass is 19.4. The third kappa shape index (κ3) is 2.65. The first-order chi connectivity index (χ1) is 10.1. The van der Waals surface area contributed by atoms with Gasteiger partial charge in [0.15, 0.2) is 0 Å². The molecule has 0 aliphatic rings. The molecule has 0 saturated heterocycles. The second-order valence-corrected chi connectivity index (χ2v) is 4.11. The number of halogens is 15. The van der Waals surface area contributed by atoms with Crippen molar-refractivity contribution in [2.45, 2.75) is 41.9 Å². The molecule has 0 heterocycles. The molecular formula is C8H3F15O. The van der Waals surface area contributed by atoms with E-state index >= 15 is 0 Å². The molecule has 0 aromatic carbocycles. The van der Waals surface area contributed by atoms with Crippen molar-refractivity contribution in [3.05, 3.63) is 0 Å². The Morgan fingerprint density at radius 2 is 0.750 bits per heavy atom. The summed E-state index contributed by atoms with van der Waals surface area (Å²) in [6, 6.07) is 0. The highest BCUT2D eigenvalue weighted by molar-refractivity contribution is 5.22. The molecule has 0 N–H and O–H groups in total. The van der Waals surface area contributed by atoms with Crippen molar-refractivity contribution in [1.29, 1.82) is 0 Å². The number of ether oxygens (including phenoxy) is 1. The minimum absolute atomic E-state index is 1.00. The second-order valence-electron chi connectivity index (χ2n) is 4.11. The fourth-order valence-corrected chi connectivity index (χ4v) is 1.73. The van der Waals surface area contributed by atoms with Crippen LogP contribution < -0.4 is 0 Å². The van der Waals surface area contributed by atoms with Crippen LogP contribution in [0.15, 0.2) is 0 Å². The lowest BCUT2D eigenvalue weighted by atomic mass is 9.76. The van der Waals surface area contributed by atoms with Crippen molar-refractivity contribution in [3.8, 4) is 0 Å². The van der Waals surface area contributed by atoms with E-state index in [9.17, 15) is 65.9 Å². The number of methoxy groups -OCH3 is 1. The van der Waals surface area contributed by atoms with Crippen LogP contribution in [0.25, 0.3) is 0 Å². The van der Waals surface area contributed by atoms with Crippen LogP contribution in [0.5, 0.6) is 0 Å². The molecule has 16 heteroatoms. The van der Waals surface area contributed by atoms with Crippen molar-refractivity contribution in [2.75, 3.05) is 7.11 Å². The third-order valence-corrected chi connectivity index (χ3v) is 2.77. The van der Waals surface area contributed by atoms with E-state index in [0.29, 0.717) is 0 Å². The Bertz CT molecular complexity index is 436. The fraction of sp³-hybridized carbons (Fsp3) is 1.00. The molecule has 0 spiro atoms. The molecule has 1 nitrogen and oxygen atoms in total. The van der Waals surface area contributed by atoms with E-state index in [1.54, 1.807) is 0 Å². The molecular weight excluding hydrogens is 397 g/mol. The van der Waals surface area contributed by atoms with Crippen molar-refractivity contribution in [1.82, 2.24) is 0 Å². The quantitative estimate of drug-likeness (QED) is 0.609. The third-order valence-electron chi connectivity index (χ3n) is 2.77. The number of hydrogen-bond acceptors (Lipinski definition) is 1. The van der Waals surface area contributed by atoms with Gasteiger partial charge in [0.1, 0.15) is 0 Å². The van der Waals surface area contributed by atoms with Crippen molar-refractivity contribution in [3.63, 3.8) is 0 Å². The molecule has 146 valence electrons. The molecule has 1 atom stereocenters. The number of rotatable bonds is 3. The van der Waals surface area contributed by atoms with Gasteiger partial charge < -0.3 is 4.74 Å². The highest BCUT2D eigenvalue weighted by Gasteiger charge is 2.98. The predicted octanol–water partition coefficient (Wildman–Crippen LogP) is 4.96. The van der Waals surface area contributed by atoms with Gasteiger partial charge in [-0.05, 0) is 0 Å². The van der Waals surface area contributed by atoms with Gasteiger partial charge in [-0.25, -0.2) is 4.39 Å². The summed E-state index contributed by atoms with van der Waals surface area (Å²) in [5, 5.41) is 0. The molecule has 1 unspecified atom stereocenters. The van der Waals surface area contributed by atoms with Crippen LogP contribution in [-0.4, -0.2) is 49.0 Å². The summed E-state index contributed by atoms with van der Waals surface area (Å²) in [5.74, 6) is -7.98. The molecule has 0 saturated carbocycles. The van der Waals surface area contributed by atoms with E-state index in [-0.39, 0.29) is 0 Å². The molecule has 0 aromatic heterocycles. The lowest BCUT2D eigenvalue weighted by molar-refractivity contribution is -0.493. The van der Waals surface area contributed by atoms with Gasteiger partial charge in [-0.1, -0.05) is 0 Å². The molecule has 0 aromatic rings. The Balaban J connectivity index is 7.36. The predicted molar refractivity (Wildman–Crippen MR) is 42.7 cm³/mol. The largest absolute Gasteiger partial charge is 0.456 e. The summed E-state index contributed by atoms with van der Waals surface area (Å²) < 4.78 is 190. The Labute approximate surface area is 121 Å². The zero-order valence-corrected chi connectivity index (χ0v) is 10.6. The lowest BCUT2D eigenvalue weighted by Gasteiger charge is -2.49. The van der Waals surface area contributed by atoms with Crippen molar-refractivity contribution >= 4 is 0 Å². The molecule has 0 rings (SSSR count). The van der Waals surface area contributed by atoms with Gasteiger partial charge in [-0.2, -0.15) is 61.5 Å². The van der Waals surface area contributed by atoms with Gasteiger partial charge >= 0.3 is 36.3 Å². The van der Waals surface area contributed by atoms with Crippen LogP contribution in [0.3, 0.4) is 0 Å². The second kappa shape index (κ2) is 5.45. The van der Waals surface area contributed by atoms with Gasteiger partial charge in [0.25, 0.3) is 5.60 Å². The van der Waals surface area contributed by atoms with E-state index in [4.69, 9.17) is 0 Å². The maximum Gasteiger partial charge on any atom is 0.456 e. The first-order valence-corrected chi connectivity index (χ1v) is 4.95. The standard InChI is InChI=1S/C8H3F15O/c1-24-3(7(18,19)20,4(10,11)8(21,22)23)2(9,5(12,13)14)6(15,16)17/h1H3. The summed E-state index contributed by atoms with van der Waals surface area (Å²) >= 11 is 0. The molecule has 0 aliphatic heterocycles. The SMILES string of the molecule is COC(C(F)(F)F)(C(F)(F)C(F)(F)F)C(F)(C(F)(F)F)C(F)(F)F. The maximum absolute atomic E-state index is 13.6. The maximum atomic E-state index is 13.6. The average Bonchev–Trinajstić information content (AvgIpc) is 2.22. The normalized spacial score (nSPS) is 18.5. The van der Waals surface area contributed by atoms with E-state index in [0.717, 1.165) is 0 Å². The van der Waals surface area contributed by atoms with Gasteiger partial charge in [0.2, 0.25) is 0 Å². The summed E-state index contributed by atoms with van der Waals surface area (Å²) in [6.45, 7) is 0. The van der Waals surface area contributed by atoms with Crippen LogP contribution >= 0.6 is 0 Å².